The van der Waals surface area contributed by atoms with Crippen molar-refractivity contribution in [1.82, 2.24) is 4.90 Å². The van der Waals surface area contributed by atoms with Crippen LogP contribution in [-0.4, -0.2) is 35.2 Å². The smallest absolute Gasteiger partial charge is 0.303 e. The summed E-state index contributed by atoms with van der Waals surface area (Å²) in [6, 6.07) is 9.59. The number of benzene rings is 2. The van der Waals surface area contributed by atoms with Crippen molar-refractivity contribution in [1.29, 1.82) is 0 Å². The lowest BCUT2D eigenvalue weighted by Gasteiger charge is -2.38. The summed E-state index contributed by atoms with van der Waals surface area (Å²) in [5.41, 5.74) is 1.09. The number of likely N-dealkylation sites (tertiary alicyclic amines) is 1. The lowest BCUT2D eigenvalue weighted by atomic mass is 9.89. The first-order valence-corrected chi connectivity index (χ1v) is 12.8. The molecule has 4 rings (SSSR count). The van der Waals surface area contributed by atoms with Gasteiger partial charge < -0.3 is 9.84 Å². The molecule has 0 amide bonds. The van der Waals surface area contributed by atoms with Gasteiger partial charge in [-0.2, -0.15) is 0 Å². The summed E-state index contributed by atoms with van der Waals surface area (Å²) in [4.78, 5) is 13.6. The fourth-order valence-electron chi connectivity index (χ4n) is 5.91. The van der Waals surface area contributed by atoms with Crippen molar-refractivity contribution in [3.63, 3.8) is 0 Å². The summed E-state index contributed by atoms with van der Waals surface area (Å²) in [6.45, 7) is 6.05. The first kappa shape index (κ1) is 24.9. The number of carbonyl (C=O) groups is 1. The minimum Gasteiger partial charge on any atom is -0.490 e. The molecular weight excluding hydrogens is 436 g/mol. The predicted octanol–water partition coefficient (Wildman–Crippen LogP) is 7.37. The second kappa shape index (κ2) is 11.0. The molecule has 0 aromatic heterocycles. The molecule has 1 saturated heterocycles. The molecule has 0 bridgehead atoms. The molecule has 4 nitrogen and oxygen atoms in total. The van der Waals surface area contributed by atoms with E-state index in [1.165, 1.54) is 0 Å². The molecule has 2 aromatic rings. The first-order valence-electron chi connectivity index (χ1n) is 12.8. The van der Waals surface area contributed by atoms with E-state index in [1.807, 2.05) is 24.3 Å². The number of rotatable bonds is 8. The summed E-state index contributed by atoms with van der Waals surface area (Å²) in [5, 5.41) is 10.6. The molecule has 2 fully saturated rings. The number of carboxylic acid groups (broad SMARTS) is 1. The van der Waals surface area contributed by atoms with Gasteiger partial charge in [-0.3, -0.25) is 9.69 Å². The molecule has 6 heteroatoms. The Morgan fingerprint density at radius 1 is 1.15 bits per heavy atom. The number of piperidine rings is 1. The maximum Gasteiger partial charge on any atom is 0.303 e. The normalized spacial score (nSPS) is 24.9. The van der Waals surface area contributed by atoms with Crippen LogP contribution in [0.2, 0.25) is 0 Å². The minimum absolute atomic E-state index is 0.00443. The predicted molar refractivity (Wildman–Crippen MR) is 131 cm³/mol. The number of carboxylic acids is 1. The van der Waals surface area contributed by atoms with Crippen LogP contribution in [0.4, 0.5) is 8.78 Å². The third-order valence-corrected chi connectivity index (χ3v) is 7.75. The first-order chi connectivity index (χ1) is 16.4. The van der Waals surface area contributed by atoms with Crippen LogP contribution in [0.5, 0.6) is 5.75 Å². The Morgan fingerprint density at radius 2 is 1.91 bits per heavy atom. The molecule has 34 heavy (non-hydrogen) atoms. The van der Waals surface area contributed by atoms with Crippen LogP contribution < -0.4 is 4.74 Å². The monoisotopic (exact) mass is 473 g/mol. The van der Waals surface area contributed by atoms with E-state index in [0.29, 0.717) is 17.1 Å². The highest BCUT2D eigenvalue weighted by Crippen LogP contribution is 2.40. The lowest BCUT2D eigenvalue weighted by molar-refractivity contribution is -0.138. The molecule has 2 aliphatic rings. The van der Waals surface area contributed by atoms with E-state index in [-0.39, 0.29) is 30.0 Å². The van der Waals surface area contributed by atoms with Crippen LogP contribution in [0, 0.1) is 11.8 Å². The van der Waals surface area contributed by atoms with E-state index >= 15 is 0 Å². The molecule has 0 radical (unpaired) electrons. The van der Waals surface area contributed by atoms with E-state index < -0.39 is 12.4 Å². The Bertz CT molecular complexity index is 987. The van der Waals surface area contributed by atoms with Crippen molar-refractivity contribution in [2.75, 3.05) is 13.1 Å². The van der Waals surface area contributed by atoms with Crippen LogP contribution in [0.3, 0.4) is 0 Å². The largest absolute Gasteiger partial charge is 0.490 e. The molecule has 1 aliphatic heterocycles. The Hall–Kier alpha value is -2.21. The molecule has 186 valence electrons. The van der Waals surface area contributed by atoms with Crippen LogP contribution in [0.1, 0.15) is 88.8 Å². The third kappa shape index (κ3) is 5.70. The molecular formula is C28H37F2NO3. The number of aliphatic carboxylic acids is 1. The molecule has 1 N–H and O–H groups in total. The van der Waals surface area contributed by atoms with E-state index in [2.05, 4.69) is 18.7 Å². The SMILES string of the molecule is CCC(c1ccc2c(C(F)F)c(OC3CCC(C)CC3)ccc2c1)N1CCC[C@H](CC(=O)O)C1. The summed E-state index contributed by atoms with van der Waals surface area (Å²) < 4.78 is 34.5. The molecule has 0 spiro atoms. The Kier molecular flexibility index (Phi) is 8.07. The standard InChI is InChI=1S/C28H37F2NO3/c1-3-24(31-14-4-5-19(17-31)15-26(32)33)21-8-12-23-20(16-21)9-13-25(27(23)28(29)30)34-22-10-6-18(2)7-11-22/h8-9,12-13,16,18-19,22,24,28H,3-7,10-11,14-15,17H2,1-2H3,(H,32,33)/t18?,19-,22?,24?/m1/s1. The molecule has 1 heterocycles. The second-order valence-electron chi connectivity index (χ2n) is 10.3. The van der Waals surface area contributed by atoms with Gasteiger partial charge in [0.1, 0.15) is 5.75 Å². The molecule has 2 aromatic carbocycles. The molecule has 1 saturated carbocycles. The van der Waals surface area contributed by atoms with Gasteiger partial charge in [0, 0.05) is 19.0 Å². The Morgan fingerprint density at radius 3 is 2.59 bits per heavy atom. The van der Waals surface area contributed by atoms with E-state index in [1.54, 1.807) is 6.07 Å². The van der Waals surface area contributed by atoms with E-state index in [9.17, 15) is 18.7 Å². The maximum absolute atomic E-state index is 14.2. The number of halogens is 2. The molecule has 1 unspecified atom stereocenters. The number of nitrogens with zero attached hydrogens (tertiary/aromatic N) is 1. The summed E-state index contributed by atoms with van der Waals surface area (Å²) in [7, 11) is 0. The van der Waals surface area contributed by atoms with Crippen LogP contribution in [0.25, 0.3) is 10.8 Å². The van der Waals surface area contributed by atoms with Crippen molar-refractivity contribution in [2.24, 2.45) is 11.8 Å². The second-order valence-corrected chi connectivity index (χ2v) is 10.3. The topological polar surface area (TPSA) is 49.8 Å². The third-order valence-electron chi connectivity index (χ3n) is 7.75. The van der Waals surface area contributed by atoms with Crippen molar-refractivity contribution in [3.05, 3.63) is 41.5 Å². The van der Waals surface area contributed by atoms with Crippen molar-refractivity contribution >= 4 is 16.7 Å². The number of hydrogen-bond donors (Lipinski definition) is 1. The zero-order valence-corrected chi connectivity index (χ0v) is 20.3. The van der Waals surface area contributed by atoms with Crippen molar-refractivity contribution in [3.8, 4) is 5.75 Å². The quantitative estimate of drug-likeness (QED) is 0.435. The Labute approximate surface area is 201 Å². The zero-order valence-electron chi connectivity index (χ0n) is 20.3. The average molecular weight is 474 g/mol. The highest BCUT2D eigenvalue weighted by molar-refractivity contribution is 5.88. The van der Waals surface area contributed by atoms with Crippen LogP contribution >= 0.6 is 0 Å². The van der Waals surface area contributed by atoms with Gasteiger partial charge in [0.2, 0.25) is 0 Å². The molecule has 2 atom stereocenters. The number of ether oxygens (including phenoxy) is 1. The number of hydrogen-bond acceptors (Lipinski definition) is 3. The van der Waals surface area contributed by atoms with Crippen molar-refractivity contribution < 1.29 is 23.4 Å². The van der Waals surface area contributed by atoms with Crippen LogP contribution in [0.15, 0.2) is 30.3 Å². The summed E-state index contributed by atoms with van der Waals surface area (Å²) in [6.07, 6.45) is 4.40. The van der Waals surface area contributed by atoms with Gasteiger partial charge in [0.15, 0.2) is 0 Å². The van der Waals surface area contributed by atoms with E-state index in [4.69, 9.17) is 4.74 Å². The molecule has 1 aliphatic carbocycles. The van der Waals surface area contributed by atoms with Gasteiger partial charge in [-0.1, -0.05) is 32.0 Å². The van der Waals surface area contributed by atoms with Gasteiger partial charge in [-0.25, -0.2) is 8.78 Å². The van der Waals surface area contributed by atoms with Crippen molar-refractivity contribution in [2.45, 2.75) is 83.8 Å². The average Bonchev–Trinajstić information content (AvgIpc) is 2.80. The van der Waals surface area contributed by atoms with Crippen LogP contribution in [-0.2, 0) is 4.79 Å². The lowest BCUT2D eigenvalue weighted by Crippen LogP contribution is -2.38. The van der Waals surface area contributed by atoms with Gasteiger partial charge in [0.25, 0.3) is 6.43 Å². The van der Waals surface area contributed by atoms with Gasteiger partial charge >= 0.3 is 5.97 Å². The number of fused-ring (bicyclic) bond motifs is 1. The van der Waals surface area contributed by atoms with Gasteiger partial charge in [-0.15, -0.1) is 0 Å². The highest BCUT2D eigenvalue weighted by Gasteiger charge is 2.28. The summed E-state index contributed by atoms with van der Waals surface area (Å²) in [5.74, 6) is 0.407. The maximum atomic E-state index is 14.2. The fraction of sp³-hybridized carbons (Fsp3) is 0.607. The van der Waals surface area contributed by atoms with Gasteiger partial charge in [0.05, 0.1) is 11.7 Å². The van der Waals surface area contributed by atoms with Gasteiger partial charge in [-0.05, 0) is 91.8 Å². The highest BCUT2D eigenvalue weighted by atomic mass is 19.3. The minimum atomic E-state index is -2.60. The summed E-state index contributed by atoms with van der Waals surface area (Å²) >= 11 is 0. The zero-order chi connectivity index (χ0) is 24.2. The fourth-order valence-corrected chi connectivity index (χ4v) is 5.91. The number of alkyl halides is 2. The van der Waals surface area contributed by atoms with E-state index in [0.717, 1.165) is 69.0 Å². The Balaban J connectivity index is 1.58.